The van der Waals surface area contributed by atoms with Gasteiger partial charge in [0.25, 0.3) is 0 Å². The molecule has 0 aliphatic carbocycles. The number of aryl methyl sites for hydroxylation is 2. The summed E-state index contributed by atoms with van der Waals surface area (Å²) in [6.07, 6.45) is 7.01. The van der Waals surface area contributed by atoms with E-state index in [-0.39, 0.29) is 0 Å². The lowest BCUT2D eigenvalue weighted by Crippen LogP contribution is -2.49. The van der Waals surface area contributed by atoms with Crippen molar-refractivity contribution in [3.8, 4) is 0 Å². The van der Waals surface area contributed by atoms with Crippen molar-refractivity contribution < 1.29 is 0 Å². The molecule has 1 fully saturated rings. The molecule has 27 heavy (non-hydrogen) atoms. The van der Waals surface area contributed by atoms with Gasteiger partial charge in [-0.2, -0.15) is 5.10 Å². The van der Waals surface area contributed by atoms with Gasteiger partial charge in [0.2, 0.25) is 0 Å². The fourth-order valence-electron chi connectivity index (χ4n) is 3.91. The second-order valence-corrected chi connectivity index (χ2v) is 7.93. The Hall–Kier alpha value is -2.31. The van der Waals surface area contributed by atoms with Gasteiger partial charge in [0.15, 0.2) is 5.96 Å². The SMILES string of the molecule is CN=C(NCC(C)Cn1nc(C)cc1C)N1CCC(C)C(n2ccnc2)C1. The lowest BCUT2D eigenvalue weighted by molar-refractivity contribution is 0.188. The third-order valence-electron chi connectivity index (χ3n) is 5.53. The van der Waals surface area contributed by atoms with E-state index in [1.165, 1.54) is 5.69 Å². The third-order valence-corrected chi connectivity index (χ3v) is 5.53. The molecule has 148 valence electrons. The molecular formula is C20H33N7. The van der Waals surface area contributed by atoms with Gasteiger partial charge < -0.3 is 14.8 Å². The van der Waals surface area contributed by atoms with Crippen LogP contribution in [0.1, 0.15) is 37.7 Å². The first-order valence-electron chi connectivity index (χ1n) is 9.92. The van der Waals surface area contributed by atoms with E-state index in [9.17, 15) is 0 Å². The van der Waals surface area contributed by atoms with Gasteiger partial charge in [-0.05, 0) is 38.2 Å². The topological polar surface area (TPSA) is 63.3 Å². The smallest absolute Gasteiger partial charge is 0.193 e. The summed E-state index contributed by atoms with van der Waals surface area (Å²) in [5.74, 6) is 2.10. The van der Waals surface area contributed by atoms with Gasteiger partial charge in [-0.1, -0.05) is 13.8 Å². The number of nitrogens with zero attached hydrogens (tertiary/aromatic N) is 6. The maximum absolute atomic E-state index is 4.57. The van der Waals surface area contributed by atoms with Crippen molar-refractivity contribution in [3.63, 3.8) is 0 Å². The van der Waals surface area contributed by atoms with E-state index >= 15 is 0 Å². The molecule has 3 rings (SSSR count). The van der Waals surface area contributed by atoms with Gasteiger partial charge in [0, 0.05) is 51.3 Å². The van der Waals surface area contributed by atoms with Crippen molar-refractivity contribution in [2.75, 3.05) is 26.7 Å². The van der Waals surface area contributed by atoms with E-state index in [0.717, 1.165) is 44.3 Å². The van der Waals surface area contributed by atoms with Crippen LogP contribution in [0.5, 0.6) is 0 Å². The van der Waals surface area contributed by atoms with Crippen LogP contribution < -0.4 is 5.32 Å². The van der Waals surface area contributed by atoms with E-state index in [4.69, 9.17) is 0 Å². The quantitative estimate of drug-likeness (QED) is 0.648. The molecule has 0 aromatic carbocycles. The molecule has 0 spiro atoms. The van der Waals surface area contributed by atoms with Crippen molar-refractivity contribution in [3.05, 3.63) is 36.2 Å². The van der Waals surface area contributed by atoms with Crippen LogP contribution in [0.15, 0.2) is 29.8 Å². The first-order chi connectivity index (χ1) is 13.0. The Bertz CT molecular complexity index is 746. The highest BCUT2D eigenvalue weighted by molar-refractivity contribution is 5.80. The molecule has 1 saturated heterocycles. The first kappa shape index (κ1) is 19.5. The molecule has 7 heteroatoms. The Morgan fingerprint density at radius 3 is 2.85 bits per heavy atom. The summed E-state index contributed by atoms with van der Waals surface area (Å²) in [5, 5.41) is 8.15. The number of likely N-dealkylation sites (tertiary alicyclic amines) is 1. The first-order valence-corrected chi connectivity index (χ1v) is 9.92. The Morgan fingerprint density at radius 2 is 2.22 bits per heavy atom. The van der Waals surface area contributed by atoms with Crippen molar-refractivity contribution in [1.82, 2.24) is 29.5 Å². The maximum atomic E-state index is 4.57. The number of guanidine groups is 1. The average Bonchev–Trinajstić information content (AvgIpc) is 3.27. The minimum Gasteiger partial charge on any atom is -0.356 e. The Morgan fingerprint density at radius 1 is 1.41 bits per heavy atom. The summed E-state index contributed by atoms with van der Waals surface area (Å²) in [4.78, 5) is 11.1. The highest BCUT2D eigenvalue weighted by atomic mass is 15.3. The summed E-state index contributed by atoms with van der Waals surface area (Å²) in [6.45, 7) is 12.5. The summed E-state index contributed by atoms with van der Waals surface area (Å²) >= 11 is 0. The lowest BCUT2D eigenvalue weighted by atomic mass is 9.93. The van der Waals surface area contributed by atoms with Crippen LogP contribution >= 0.6 is 0 Å². The minimum atomic E-state index is 0.437. The van der Waals surface area contributed by atoms with E-state index in [0.29, 0.717) is 17.9 Å². The summed E-state index contributed by atoms with van der Waals surface area (Å²) in [7, 11) is 1.87. The van der Waals surface area contributed by atoms with Gasteiger partial charge in [0.05, 0.1) is 18.1 Å². The van der Waals surface area contributed by atoms with Crippen molar-refractivity contribution in [2.24, 2.45) is 16.8 Å². The van der Waals surface area contributed by atoms with Crippen molar-refractivity contribution in [1.29, 1.82) is 0 Å². The summed E-state index contributed by atoms with van der Waals surface area (Å²) < 4.78 is 4.33. The molecule has 1 aliphatic heterocycles. The third kappa shape index (κ3) is 4.70. The van der Waals surface area contributed by atoms with Crippen molar-refractivity contribution in [2.45, 2.75) is 46.7 Å². The highest BCUT2D eigenvalue weighted by Crippen LogP contribution is 2.27. The van der Waals surface area contributed by atoms with Gasteiger partial charge in [-0.25, -0.2) is 4.98 Å². The predicted molar refractivity (Wildman–Crippen MR) is 109 cm³/mol. The fourth-order valence-corrected chi connectivity index (χ4v) is 3.91. The molecular weight excluding hydrogens is 338 g/mol. The highest BCUT2D eigenvalue weighted by Gasteiger charge is 2.29. The molecule has 7 nitrogen and oxygen atoms in total. The largest absolute Gasteiger partial charge is 0.356 e. The molecule has 0 amide bonds. The number of nitrogens with one attached hydrogen (secondary N) is 1. The van der Waals surface area contributed by atoms with Gasteiger partial charge in [-0.15, -0.1) is 0 Å². The second kappa shape index (κ2) is 8.59. The molecule has 0 bridgehead atoms. The molecule has 2 aromatic heterocycles. The molecule has 1 aliphatic rings. The number of aromatic nitrogens is 4. The normalized spacial score (nSPS) is 22.1. The zero-order valence-corrected chi connectivity index (χ0v) is 17.3. The van der Waals surface area contributed by atoms with Crippen LogP contribution in [0.25, 0.3) is 0 Å². The second-order valence-electron chi connectivity index (χ2n) is 7.93. The number of piperidine rings is 1. The Kier molecular flexibility index (Phi) is 6.19. The number of hydrogen-bond donors (Lipinski definition) is 1. The van der Waals surface area contributed by atoms with Gasteiger partial charge >= 0.3 is 0 Å². The van der Waals surface area contributed by atoms with E-state index < -0.39 is 0 Å². The standard InChI is InChI=1S/C20H33N7/c1-15(12-27-18(4)10-17(3)24-27)11-23-20(21-5)25-8-6-16(2)19(13-25)26-9-7-22-14-26/h7,9-10,14-16,19H,6,8,11-13H2,1-5H3,(H,21,23). The van der Waals surface area contributed by atoms with Crippen LogP contribution in [0, 0.1) is 25.7 Å². The van der Waals surface area contributed by atoms with Crippen LogP contribution in [-0.4, -0.2) is 56.9 Å². The van der Waals surface area contributed by atoms with Crippen LogP contribution in [-0.2, 0) is 6.54 Å². The summed E-state index contributed by atoms with van der Waals surface area (Å²) in [6, 6.07) is 2.57. The molecule has 3 unspecified atom stereocenters. The zero-order chi connectivity index (χ0) is 19.4. The maximum Gasteiger partial charge on any atom is 0.193 e. The molecule has 1 N–H and O–H groups in total. The van der Waals surface area contributed by atoms with E-state index in [2.05, 4.69) is 67.6 Å². The number of imidazole rings is 1. The Labute approximate surface area is 162 Å². The van der Waals surface area contributed by atoms with Gasteiger partial charge in [-0.3, -0.25) is 9.67 Å². The van der Waals surface area contributed by atoms with Gasteiger partial charge in [0.1, 0.15) is 0 Å². The average molecular weight is 372 g/mol. The van der Waals surface area contributed by atoms with Crippen molar-refractivity contribution >= 4 is 5.96 Å². The molecule has 3 atom stereocenters. The van der Waals surface area contributed by atoms with Crippen LogP contribution in [0.2, 0.25) is 0 Å². The molecule has 0 radical (unpaired) electrons. The zero-order valence-electron chi connectivity index (χ0n) is 17.3. The van der Waals surface area contributed by atoms with E-state index in [1.54, 1.807) is 0 Å². The Balaban J connectivity index is 1.56. The minimum absolute atomic E-state index is 0.437. The number of rotatable bonds is 5. The molecule has 2 aromatic rings. The van der Waals surface area contributed by atoms with E-state index in [1.807, 2.05) is 26.5 Å². The number of aliphatic imine (C=N–C) groups is 1. The lowest BCUT2D eigenvalue weighted by Gasteiger charge is -2.39. The molecule has 0 saturated carbocycles. The summed E-state index contributed by atoms with van der Waals surface area (Å²) in [5.41, 5.74) is 2.30. The number of hydrogen-bond acceptors (Lipinski definition) is 3. The fraction of sp³-hybridized carbons (Fsp3) is 0.650. The monoisotopic (exact) mass is 371 g/mol. The van der Waals surface area contributed by atoms with Crippen LogP contribution in [0.3, 0.4) is 0 Å². The van der Waals surface area contributed by atoms with Crippen LogP contribution in [0.4, 0.5) is 0 Å². The molecule has 3 heterocycles. The predicted octanol–water partition coefficient (Wildman–Crippen LogP) is 2.49.